The summed E-state index contributed by atoms with van der Waals surface area (Å²) < 4.78 is 0. The molecular formula is C16H23ClN2. The molecule has 0 aromatic heterocycles. The van der Waals surface area contributed by atoms with Crippen molar-refractivity contribution in [1.82, 2.24) is 4.90 Å². The zero-order valence-corrected chi connectivity index (χ0v) is 12.4. The van der Waals surface area contributed by atoms with E-state index in [1.807, 2.05) is 0 Å². The largest absolute Gasteiger partial charge is 0.330 e. The number of nitrogens with two attached hydrogens (primary N) is 1. The highest BCUT2D eigenvalue weighted by molar-refractivity contribution is 6.31. The van der Waals surface area contributed by atoms with Gasteiger partial charge in [0.15, 0.2) is 0 Å². The van der Waals surface area contributed by atoms with E-state index >= 15 is 0 Å². The van der Waals surface area contributed by atoms with Crippen molar-refractivity contribution in [2.45, 2.75) is 38.1 Å². The molecule has 1 aromatic rings. The number of benzene rings is 1. The van der Waals surface area contributed by atoms with Gasteiger partial charge in [0.05, 0.1) is 0 Å². The Balaban J connectivity index is 1.91. The molecule has 104 valence electrons. The molecule has 2 unspecified atom stereocenters. The molecule has 0 saturated carbocycles. The van der Waals surface area contributed by atoms with Gasteiger partial charge < -0.3 is 5.73 Å². The minimum absolute atomic E-state index is 0.498. The summed E-state index contributed by atoms with van der Waals surface area (Å²) in [6.45, 7) is 1.90. The number of hydrogen-bond acceptors (Lipinski definition) is 2. The van der Waals surface area contributed by atoms with Crippen LogP contribution in [0.4, 0.5) is 0 Å². The Kier molecular flexibility index (Phi) is 3.84. The molecule has 1 aliphatic carbocycles. The van der Waals surface area contributed by atoms with Crippen LogP contribution in [0.5, 0.6) is 0 Å². The van der Waals surface area contributed by atoms with Crippen molar-refractivity contribution < 1.29 is 0 Å². The Morgan fingerprint density at radius 1 is 1.32 bits per heavy atom. The van der Waals surface area contributed by atoms with Crippen LogP contribution in [0.3, 0.4) is 0 Å². The third-order valence-corrected chi connectivity index (χ3v) is 5.12. The number of rotatable bonds is 2. The summed E-state index contributed by atoms with van der Waals surface area (Å²) in [4.78, 5) is 2.43. The lowest BCUT2D eigenvalue weighted by Gasteiger charge is -2.24. The number of likely N-dealkylation sites (tertiary alicyclic amines) is 1. The average molecular weight is 279 g/mol. The first kappa shape index (κ1) is 13.4. The van der Waals surface area contributed by atoms with E-state index in [-0.39, 0.29) is 0 Å². The van der Waals surface area contributed by atoms with Gasteiger partial charge in [-0.15, -0.1) is 0 Å². The maximum atomic E-state index is 6.50. The molecule has 3 heteroatoms. The molecule has 3 rings (SSSR count). The molecule has 0 bridgehead atoms. The van der Waals surface area contributed by atoms with Gasteiger partial charge in [0, 0.05) is 17.6 Å². The molecule has 2 N–H and O–H groups in total. The predicted molar refractivity (Wildman–Crippen MR) is 80.6 cm³/mol. The zero-order chi connectivity index (χ0) is 13.4. The van der Waals surface area contributed by atoms with Crippen molar-refractivity contribution >= 4 is 11.6 Å². The molecule has 1 fully saturated rings. The minimum atomic E-state index is 0.498. The summed E-state index contributed by atoms with van der Waals surface area (Å²) in [5.41, 5.74) is 10.1. The predicted octanol–water partition coefficient (Wildman–Crippen LogP) is 3.17. The summed E-state index contributed by atoms with van der Waals surface area (Å²) >= 11 is 6.50. The first-order valence-electron chi connectivity index (χ1n) is 7.40. The monoisotopic (exact) mass is 278 g/mol. The molecule has 0 amide bonds. The highest BCUT2D eigenvalue weighted by atomic mass is 35.5. The third kappa shape index (κ3) is 2.54. The van der Waals surface area contributed by atoms with Crippen molar-refractivity contribution in [3.8, 4) is 0 Å². The fourth-order valence-electron chi connectivity index (χ4n) is 3.70. The van der Waals surface area contributed by atoms with E-state index in [1.165, 1.54) is 42.4 Å². The molecule has 1 heterocycles. The van der Waals surface area contributed by atoms with Crippen LogP contribution >= 0.6 is 11.6 Å². The average Bonchev–Trinajstić information content (AvgIpc) is 2.80. The van der Waals surface area contributed by atoms with E-state index in [0.29, 0.717) is 12.0 Å². The summed E-state index contributed by atoms with van der Waals surface area (Å²) in [7, 11) is 2.20. The standard InChI is InChI=1S/C16H23ClN2/c1-19-10-11(9-18)6-16(19)13-7-12-4-2-3-5-14(12)15(17)8-13/h7-8,11,16H,2-6,9-10,18H2,1H3. The quantitative estimate of drug-likeness (QED) is 0.900. The second-order valence-corrected chi connectivity index (χ2v) is 6.55. The minimum Gasteiger partial charge on any atom is -0.330 e. The van der Waals surface area contributed by atoms with Crippen LogP contribution in [-0.4, -0.2) is 25.0 Å². The SMILES string of the molecule is CN1CC(CN)CC1c1cc(Cl)c2c(c1)CCCC2. The van der Waals surface area contributed by atoms with Crippen LogP contribution in [0.25, 0.3) is 0 Å². The molecule has 1 saturated heterocycles. The Labute approximate surface area is 120 Å². The molecule has 2 nitrogen and oxygen atoms in total. The highest BCUT2D eigenvalue weighted by Gasteiger charge is 2.30. The van der Waals surface area contributed by atoms with Crippen LogP contribution in [0.2, 0.25) is 5.02 Å². The van der Waals surface area contributed by atoms with E-state index in [2.05, 4.69) is 24.1 Å². The summed E-state index contributed by atoms with van der Waals surface area (Å²) in [5, 5.41) is 0.983. The van der Waals surface area contributed by atoms with Gasteiger partial charge in [0.25, 0.3) is 0 Å². The van der Waals surface area contributed by atoms with E-state index in [1.54, 1.807) is 0 Å². The number of fused-ring (bicyclic) bond motifs is 1. The number of nitrogens with zero attached hydrogens (tertiary/aromatic N) is 1. The number of halogens is 1. The van der Waals surface area contributed by atoms with Crippen molar-refractivity contribution in [3.05, 3.63) is 33.8 Å². The molecular weight excluding hydrogens is 256 g/mol. The van der Waals surface area contributed by atoms with Gasteiger partial charge in [-0.2, -0.15) is 0 Å². The van der Waals surface area contributed by atoms with Gasteiger partial charge in [-0.3, -0.25) is 4.90 Å². The second-order valence-electron chi connectivity index (χ2n) is 6.14. The zero-order valence-electron chi connectivity index (χ0n) is 11.7. The maximum Gasteiger partial charge on any atom is 0.0444 e. The summed E-state index contributed by atoms with van der Waals surface area (Å²) in [6, 6.07) is 5.10. The van der Waals surface area contributed by atoms with Gasteiger partial charge in [0.2, 0.25) is 0 Å². The first-order chi connectivity index (χ1) is 9.19. The van der Waals surface area contributed by atoms with E-state index in [0.717, 1.165) is 24.5 Å². The van der Waals surface area contributed by atoms with E-state index in [9.17, 15) is 0 Å². The maximum absolute atomic E-state index is 6.50. The number of hydrogen-bond donors (Lipinski definition) is 1. The van der Waals surface area contributed by atoms with Crippen LogP contribution in [0.1, 0.15) is 42.0 Å². The van der Waals surface area contributed by atoms with Gasteiger partial charge in [-0.05, 0) is 74.4 Å². The fourth-order valence-corrected chi connectivity index (χ4v) is 4.04. The van der Waals surface area contributed by atoms with Crippen molar-refractivity contribution in [2.75, 3.05) is 20.1 Å². The summed E-state index contributed by atoms with van der Waals surface area (Å²) in [6.07, 6.45) is 6.10. The van der Waals surface area contributed by atoms with Gasteiger partial charge in [-0.25, -0.2) is 0 Å². The molecule has 2 atom stereocenters. The molecule has 0 radical (unpaired) electrons. The van der Waals surface area contributed by atoms with Gasteiger partial charge in [-0.1, -0.05) is 17.7 Å². The lowest BCUT2D eigenvalue weighted by atomic mass is 9.88. The molecule has 1 aromatic carbocycles. The lowest BCUT2D eigenvalue weighted by Crippen LogP contribution is -2.20. The molecule has 19 heavy (non-hydrogen) atoms. The smallest absolute Gasteiger partial charge is 0.0444 e. The van der Waals surface area contributed by atoms with Crippen molar-refractivity contribution in [1.29, 1.82) is 0 Å². The van der Waals surface area contributed by atoms with E-state index < -0.39 is 0 Å². The highest BCUT2D eigenvalue weighted by Crippen LogP contribution is 2.38. The third-order valence-electron chi connectivity index (χ3n) is 4.79. The Morgan fingerprint density at radius 3 is 2.84 bits per heavy atom. The Bertz CT molecular complexity index is 472. The topological polar surface area (TPSA) is 29.3 Å². The number of aryl methyl sites for hydroxylation is 1. The fraction of sp³-hybridized carbons (Fsp3) is 0.625. The van der Waals surface area contributed by atoms with Crippen LogP contribution < -0.4 is 5.73 Å². The molecule has 0 spiro atoms. The lowest BCUT2D eigenvalue weighted by molar-refractivity contribution is 0.313. The van der Waals surface area contributed by atoms with Crippen LogP contribution in [0, 0.1) is 5.92 Å². The second kappa shape index (κ2) is 5.43. The molecule has 1 aliphatic heterocycles. The van der Waals surface area contributed by atoms with Crippen LogP contribution in [0.15, 0.2) is 12.1 Å². The van der Waals surface area contributed by atoms with E-state index in [4.69, 9.17) is 17.3 Å². The Morgan fingerprint density at radius 2 is 2.11 bits per heavy atom. The molecule has 2 aliphatic rings. The normalized spacial score (nSPS) is 27.5. The first-order valence-corrected chi connectivity index (χ1v) is 7.78. The van der Waals surface area contributed by atoms with Crippen molar-refractivity contribution in [3.63, 3.8) is 0 Å². The van der Waals surface area contributed by atoms with Gasteiger partial charge in [0.1, 0.15) is 0 Å². The van der Waals surface area contributed by atoms with Crippen LogP contribution in [-0.2, 0) is 12.8 Å². The Hall–Kier alpha value is -0.570. The van der Waals surface area contributed by atoms with Crippen molar-refractivity contribution in [2.24, 2.45) is 11.7 Å². The summed E-state index contributed by atoms with van der Waals surface area (Å²) in [5.74, 6) is 0.629. The van der Waals surface area contributed by atoms with Gasteiger partial charge >= 0.3 is 0 Å².